The maximum atomic E-state index is 12.4. The van der Waals surface area contributed by atoms with E-state index in [-0.39, 0.29) is 36.2 Å². The van der Waals surface area contributed by atoms with Crippen LogP contribution in [0, 0.1) is 0 Å². The van der Waals surface area contributed by atoms with Crippen LogP contribution in [0.3, 0.4) is 0 Å². The standard InChI is InChI=1S/C14H15N3O3S/c15-11-9-13(16-12-4-2-1-3-10(11)12)14(18)17-5-7-21(19,20)8-6-17/h1-4,9H,5-8H2,(H2,15,16). The van der Waals surface area contributed by atoms with Gasteiger partial charge in [0.05, 0.1) is 17.0 Å². The Morgan fingerprint density at radius 1 is 1.19 bits per heavy atom. The highest BCUT2D eigenvalue weighted by Crippen LogP contribution is 2.21. The first-order valence-electron chi connectivity index (χ1n) is 6.61. The number of fused-ring (bicyclic) bond motifs is 1. The maximum Gasteiger partial charge on any atom is 0.272 e. The van der Waals surface area contributed by atoms with E-state index in [0.29, 0.717) is 11.2 Å². The van der Waals surface area contributed by atoms with Crippen molar-refractivity contribution in [3.63, 3.8) is 0 Å². The van der Waals surface area contributed by atoms with Crippen LogP contribution in [0.2, 0.25) is 0 Å². The van der Waals surface area contributed by atoms with Crippen molar-refractivity contribution in [2.75, 3.05) is 30.3 Å². The number of carbonyl (C=O) groups excluding carboxylic acids is 1. The molecule has 1 amide bonds. The average molecular weight is 305 g/mol. The number of amides is 1. The Labute approximate surface area is 122 Å². The van der Waals surface area contributed by atoms with Crippen molar-refractivity contribution in [3.05, 3.63) is 36.0 Å². The monoisotopic (exact) mass is 305 g/mol. The summed E-state index contributed by atoms with van der Waals surface area (Å²) in [5, 5.41) is 0.801. The third kappa shape index (κ3) is 2.69. The first kappa shape index (κ1) is 13.8. The number of carbonyl (C=O) groups is 1. The molecule has 2 heterocycles. The Morgan fingerprint density at radius 2 is 1.86 bits per heavy atom. The van der Waals surface area contributed by atoms with Gasteiger partial charge in [0.2, 0.25) is 0 Å². The zero-order valence-electron chi connectivity index (χ0n) is 11.3. The van der Waals surface area contributed by atoms with Crippen LogP contribution < -0.4 is 5.73 Å². The summed E-state index contributed by atoms with van der Waals surface area (Å²) in [5.74, 6) is -0.272. The lowest BCUT2D eigenvalue weighted by Crippen LogP contribution is -2.44. The number of anilines is 1. The van der Waals surface area contributed by atoms with Crippen molar-refractivity contribution >= 4 is 32.3 Å². The van der Waals surface area contributed by atoms with Crippen LogP contribution in [0.1, 0.15) is 10.5 Å². The predicted molar refractivity (Wildman–Crippen MR) is 80.7 cm³/mol. The lowest BCUT2D eigenvalue weighted by atomic mass is 10.1. The number of sulfone groups is 1. The molecule has 0 unspecified atom stereocenters. The summed E-state index contributed by atoms with van der Waals surface area (Å²) < 4.78 is 22.8. The van der Waals surface area contributed by atoms with E-state index >= 15 is 0 Å². The second-order valence-electron chi connectivity index (χ2n) is 5.06. The molecule has 0 radical (unpaired) electrons. The third-order valence-electron chi connectivity index (χ3n) is 3.60. The Morgan fingerprint density at radius 3 is 2.57 bits per heavy atom. The van der Waals surface area contributed by atoms with Crippen LogP contribution >= 0.6 is 0 Å². The molecular weight excluding hydrogens is 290 g/mol. The first-order valence-corrected chi connectivity index (χ1v) is 8.43. The molecule has 3 rings (SSSR count). The number of nitrogens with zero attached hydrogens (tertiary/aromatic N) is 2. The van der Waals surface area contributed by atoms with E-state index in [1.165, 1.54) is 4.90 Å². The van der Waals surface area contributed by atoms with E-state index in [1.54, 1.807) is 12.1 Å². The van der Waals surface area contributed by atoms with E-state index in [9.17, 15) is 13.2 Å². The number of hydrogen-bond donors (Lipinski definition) is 1. The number of pyridine rings is 1. The Kier molecular flexibility index (Phi) is 3.29. The van der Waals surface area contributed by atoms with Crippen molar-refractivity contribution in [1.82, 2.24) is 9.88 Å². The summed E-state index contributed by atoms with van der Waals surface area (Å²) in [4.78, 5) is 18.3. The zero-order chi connectivity index (χ0) is 15.0. The Hall–Kier alpha value is -2.15. The second kappa shape index (κ2) is 5.00. The summed E-state index contributed by atoms with van der Waals surface area (Å²) in [6, 6.07) is 8.88. The lowest BCUT2D eigenvalue weighted by molar-refractivity contribution is 0.0765. The summed E-state index contributed by atoms with van der Waals surface area (Å²) in [7, 11) is -3.01. The van der Waals surface area contributed by atoms with Crippen molar-refractivity contribution in [2.45, 2.75) is 0 Å². The fraction of sp³-hybridized carbons (Fsp3) is 0.286. The van der Waals surface area contributed by atoms with Gasteiger partial charge in [0, 0.05) is 24.2 Å². The lowest BCUT2D eigenvalue weighted by Gasteiger charge is -2.26. The van der Waals surface area contributed by atoms with Gasteiger partial charge in [0.25, 0.3) is 5.91 Å². The minimum atomic E-state index is -3.01. The van der Waals surface area contributed by atoms with Crippen LogP contribution in [0.4, 0.5) is 5.69 Å². The molecule has 0 bridgehead atoms. The molecule has 1 aromatic heterocycles. The first-order chi connectivity index (χ1) is 9.96. The summed E-state index contributed by atoms with van der Waals surface area (Å²) in [5.41, 5.74) is 7.37. The normalized spacial score (nSPS) is 17.8. The fourth-order valence-corrected chi connectivity index (χ4v) is 3.59. The molecule has 2 aromatic rings. The number of para-hydroxylation sites is 1. The van der Waals surface area contributed by atoms with Gasteiger partial charge < -0.3 is 10.6 Å². The quantitative estimate of drug-likeness (QED) is 0.836. The van der Waals surface area contributed by atoms with Gasteiger partial charge in [-0.15, -0.1) is 0 Å². The molecule has 1 aliphatic rings. The molecule has 0 spiro atoms. The second-order valence-corrected chi connectivity index (χ2v) is 7.36. The molecular formula is C14H15N3O3S. The molecule has 1 aromatic carbocycles. The van der Waals surface area contributed by atoms with Crippen molar-refractivity contribution in [1.29, 1.82) is 0 Å². The van der Waals surface area contributed by atoms with Gasteiger partial charge in [0.1, 0.15) is 5.69 Å². The van der Waals surface area contributed by atoms with Gasteiger partial charge in [-0.1, -0.05) is 18.2 Å². The number of hydrogen-bond acceptors (Lipinski definition) is 5. The van der Waals surface area contributed by atoms with Gasteiger partial charge in [0.15, 0.2) is 9.84 Å². The molecule has 2 N–H and O–H groups in total. The molecule has 0 saturated carbocycles. The number of rotatable bonds is 1. The molecule has 1 aliphatic heterocycles. The fourth-order valence-electron chi connectivity index (χ4n) is 2.39. The summed E-state index contributed by atoms with van der Waals surface area (Å²) in [6.45, 7) is 0.408. The molecule has 110 valence electrons. The van der Waals surface area contributed by atoms with Crippen LogP contribution in [-0.2, 0) is 9.84 Å². The van der Waals surface area contributed by atoms with E-state index in [2.05, 4.69) is 4.98 Å². The number of nitrogen functional groups attached to an aromatic ring is 1. The van der Waals surface area contributed by atoms with Gasteiger partial charge in [-0.05, 0) is 12.1 Å². The maximum absolute atomic E-state index is 12.4. The van der Waals surface area contributed by atoms with E-state index in [4.69, 9.17) is 5.73 Å². The number of aromatic nitrogens is 1. The average Bonchev–Trinajstić information content (AvgIpc) is 2.46. The highest BCUT2D eigenvalue weighted by atomic mass is 32.2. The zero-order valence-corrected chi connectivity index (χ0v) is 12.1. The smallest absolute Gasteiger partial charge is 0.272 e. The molecule has 1 fully saturated rings. The summed E-state index contributed by atoms with van der Waals surface area (Å²) >= 11 is 0. The van der Waals surface area contributed by atoms with Gasteiger partial charge >= 0.3 is 0 Å². The highest BCUT2D eigenvalue weighted by Gasteiger charge is 2.26. The number of nitrogens with two attached hydrogens (primary N) is 1. The van der Waals surface area contributed by atoms with E-state index in [0.717, 1.165) is 5.39 Å². The van der Waals surface area contributed by atoms with Crippen LogP contribution in [0.15, 0.2) is 30.3 Å². The SMILES string of the molecule is Nc1cc(C(=O)N2CCS(=O)(=O)CC2)nc2ccccc12. The topological polar surface area (TPSA) is 93.4 Å². The van der Waals surface area contributed by atoms with Crippen molar-refractivity contribution < 1.29 is 13.2 Å². The molecule has 6 nitrogen and oxygen atoms in total. The molecule has 21 heavy (non-hydrogen) atoms. The minimum Gasteiger partial charge on any atom is -0.398 e. The van der Waals surface area contributed by atoms with Gasteiger partial charge in [-0.25, -0.2) is 13.4 Å². The Bertz CT molecular complexity index is 803. The van der Waals surface area contributed by atoms with Gasteiger partial charge in [-0.3, -0.25) is 4.79 Å². The van der Waals surface area contributed by atoms with E-state index in [1.807, 2.05) is 18.2 Å². The molecule has 7 heteroatoms. The third-order valence-corrected chi connectivity index (χ3v) is 5.21. The largest absolute Gasteiger partial charge is 0.398 e. The molecule has 0 aliphatic carbocycles. The number of benzene rings is 1. The van der Waals surface area contributed by atoms with Crippen molar-refractivity contribution in [2.24, 2.45) is 0 Å². The predicted octanol–water partition coefficient (Wildman–Crippen LogP) is 0.688. The molecule has 1 saturated heterocycles. The van der Waals surface area contributed by atoms with Crippen LogP contribution in [0.5, 0.6) is 0 Å². The van der Waals surface area contributed by atoms with Crippen molar-refractivity contribution in [3.8, 4) is 0 Å². The molecule has 0 atom stereocenters. The van der Waals surface area contributed by atoms with Gasteiger partial charge in [-0.2, -0.15) is 0 Å². The minimum absolute atomic E-state index is 0.00179. The van der Waals surface area contributed by atoms with E-state index < -0.39 is 9.84 Å². The van der Waals surface area contributed by atoms with Crippen LogP contribution in [-0.4, -0.2) is 48.8 Å². The summed E-state index contributed by atoms with van der Waals surface area (Å²) in [6.07, 6.45) is 0. The van der Waals surface area contributed by atoms with Crippen LogP contribution in [0.25, 0.3) is 10.9 Å². The highest BCUT2D eigenvalue weighted by molar-refractivity contribution is 7.91. The Balaban J connectivity index is 1.92.